The summed E-state index contributed by atoms with van der Waals surface area (Å²) in [6, 6.07) is 14.0. The van der Waals surface area contributed by atoms with Crippen LogP contribution >= 0.6 is 11.3 Å². The van der Waals surface area contributed by atoms with Gasteiger partial charge in [-0.3, -0.25) is 14.5 Å². The van der Waals surface area contributed by atoms with Crippen LogP contribution in [0.3, 0.4) is 0 Å². The Morgan fingerprint density at radius 1 is 1.04 bits per heavy atom. The number of thiophene rings is 1. The fraction of sp³-hybridized carbons (Fsp3) is 0.429. The zero-order valence-electron chi connectivity index (χ0n) is 15.3. The molecule has 0 bridgehead atoms. The summed E-state index contributed by atoms with van der Waals surface area (Å²) in [7, 11) is 0. The molecule has 1 aliphatic heterocycles. The molecule has 2 aromatic rings. The summed E-state index contributed by atoms with van der Waals surface area (Å²) in [5, 5.41) is 5.23. The summed E-state index contributed by atoms with van der Waals surface area (Å²) in [4.78, 5) is 30.1. The summed E-state index contributed by atoms with van der Waals surface area (Å²) in [5.74, 6) is 0.609. The number of amides is 2. The number of hydrogen-bond acceptors (Lipinski definition) is 4. The van der Waals surface area contributed by atoms with Crippen molar-refractivity contribution in [3.8, 4) is 0 Å². The van der Waals surface area contributed by atoms with E-state index in [-0.39, 0.29) is 17.9 Å². The van der Waals surface area contributed by atoms with Crippen LogP contribution in [0, 0.1) is 5.92 Å². The van der Waals surface area contributed by atoms with Crippen molar-refractivity contribution in [2.24, 2.45) is 5.92 Å². The zero-order chi connectivity index (χ0) is 18.6. The molecule has 1 aliphatic carbocycles. The molecule has 142 valence electrons. The molecule has 2 heterocycles. The Hall–Kier alpha value is -2.18. The first-order valence-electron chi connectivity index (χ1n) is 9.59. The second kappa shape index (κ2) is 8.23. The van der Waals surface area contributed by atoms with E-state index in [2.05, 4.69) is 16.3 Å². The van der Waals surface area contributed by atoms with Gasteiger partial charge in [0, 0.05) is 37.0 Å². The first-order chi connectivity index (χ1) is 13.2. The van der Waals surface area contributed by atoms with E-state index in [1.807, 2.05) is 46.7 Å². The van der Waals surface area contributed by atoms with Gasteiger partial charge >= 0.3 is 0 Å². The lowest BCUT2D eigenvalue weighted by molar-refractivity contribution is -0.134. The molecule has 2 aliphatic rings. The molecule has 1 saturated heterocycles. The van der Waals surface area contributed by atoms with Gasteiger partial charge in [-0.15, -0.1) is 11.3 Å². The second-order valence-electron chi connectivity index (χ2n) is 7.30. The Labute approximate surface area is 164 Å². The number of hydrogen-bond donors (Lipinski definition) is 1. The Balaban J connectivity index is 1.33. The van der Waals surface area contributed by atoms with Gasteiger partial charge in [0.1, 0.15) is 0 Å². The van der Waals surface area contributed by atoms with Gasteiger partial charge in [0.2, 0.25) is 11.8 Å². The van der Waals surface area contributed by atoms with E-state index in [4.69, 9.17) is 0 Å². The molecule has 1 N–H and O–H groups in total. The fourth-order valence-corrected chi connectivity index (χ4v) is 4.35. The maximum absolute atomic E-state index is 12.7. The van der Waals surface area contributed by atoms with Gasteiger partial charge in [-0.2, -0.15) is 0 Å². The quantitative estimate of drug-likeness (QED) is 0.834. The summed E-state index contributed by atoms with van der Waals surface area (Å²) < 4.78 is 0. The lowest BCUT2D eigenvalue weighted by Crippen LogP contribution is -2.51. The molecular weight excluding hydrogens is 358 g/mol. The van der Waals surface area contributed by atoms with Gasteiger partial charge in [0.05, 0.1) is 12.6 Å². The number of nitrogens with one attached hydrogen (secondary N) is 1. The maximum atomic E-state index is 12.7. The molecule has 4 rings (SSSR count). The van der Waals surface area contributed by atoms with Gasteiger partial charge < -0.3 is 10.2 Å². The van der Waals surface area contributed by atoms with E-state index in [1.54, 1.807) is 11.3 Å². The van der Waals surface area contributed by atoms with E-state index in [9.17, 15) is 9.59 Å². The SMILES string of the molecule is O=C(CN1CCN(C(=O)C2CC2)CC1)N[C@H](c1ccccc1)c1cccs1. The van der Waals surface area contributed by atoms with Gasteiger partial charge in [0.25, 0.3) is 0 Å². The lowest BCUT2D eigenvalue weighted by atomic mass is 10.1. The minimum atomic E-state index is -0.114. The Kier molecular flexibility index (Phi) is 5.55. The largest absolute Gasteiger partial charge is 0.343 e. The maximum Gasteiger partial charge on any atom is 0.234 e. The Morgan fingerprint density at radius 2 is 1.78 bits per heavy atom. The van der Waals surface area contributed by atoms with Crippen LogP contribution in [0.25, 0.3) is 0 Å². The molecule has 27 heavy (non-hydrogen) atoms. The molecule has 1 aromatic carbocycles. The van der Waals surface area contributed by atoms with Crippen molar-refractivity contribution in [3.63, 3.8) is 0 Å². The van der Waals surface area contributed by atoms with Crippen molar-refractivity contribution in [1.29, 1.82) is 0 Å². The number of rotatable bonds is 6. The molecular formula is C21H25N3O2S. The highest BCUT2D eigenvalue weighted by Gasteiger charge is 2.34. The third-order valence-electron chi connectivity index (χ3n) is 5.24. The average molecular weight is 384 g/mol. The van der Waals surface area contributed by atoms with E-state index in [0.29, 0.717) is 12.5 Å². The highest BCUT2D eigenvalue weighted by Crippen LogP contribution is 2.31. The standard InChI is InChI=1S/C21H25N3O2S/c25-19(15-23-10-12-24(13-11-23)21(26)17-8-9-17)22-20(18-7-4-14-27-18)16-5-2-1-3-6-16/h1-7,14,17,20H,8-13,15H2,(H,22,25)/t20-/m1/s1. The highest BCUT2D eigenvalue weighted by atomic mass is 32.1. The van der Waals surface area contributed by atoms with Crippen molar-refractivity contribution in [1.82, 2.24) is 15.1 Å². The van der Waals surface area contributed by atoms with Crippen LogP contribution in [-0.2, 0) is 9.59 Å². The number of nitrogens with zero attached hydrogens (tertiary/aromatic N) is 2. The molecule has 1 saturated carbocycles. The Morgan fingerprint density at radius 3 is 2.41 bits per heavy atom. The molecule has 2 amide bonds. The van der Waals surface area contributed by atoms with Crippen molar-refractivity contribution >= 4 is 23.2 Å². The lowest BCUT2D eigenvalue weighted by Gasteiger charge is -2.34. The molecule has 1 atom stereocenters. The number of carbonyl (C=O) groups excluding carboxylic acids is 2. The monoisotopic (exact) mass is 383 g/mol. The minimum absolute atomic E-state index is 0.0271. The number of piperazine rings is 1. The van der Waals surface area contributed by atoms with Crippen LogP contribution in [0.4, 0.5) is 0 Å². The number of carbonyl (C=O) groups is 2. The van der Waals surface area contributed by atoms with Crippen LogP contribution in [0.1, 0.15) is 29.3 Å². The fourth-order valence-electron chi connectivity index (χ4n) is 3.54. The van der Waals surface area contributed by atoms with E-state index in [0.717, 1.165) is 49.5 Å². The van der Waals surface area contributed by atoms with Crippen LogP contribution in [0.2, 0.25) is 0 Å². The van der Waals surface area contributed by atoms with E-state index in [1.165, 1.54) is 0 Å². The van der Waals surface area contributed by atoms with E-state index >= 15 is 0 Å². The zero-order valence-corrected chi connectivity index (χ0v) is 16.2. The third-order valence-corrected chi connectivity index (χ3v) is 6.18. The Bertz CT molecular complexity index is 766. The van der Waals surface area contributed by atoms with Crippen LogP contribution in [-0.4, -0.2) is 54.3 Å². The summed E-state index contributed by atoms with van der Waals surface area (Å²) >= 11 is 1.65. The predicted molar refractivity (Wildman–Crippen MR) is 106 cm³/mol. The van der Waals surface area contributed by atoms with Crippen molar-refractivity contribution in [2.45, 2.75) is 18.9 Å². The first kappa shape index (κ1) is 18.2. The topological polar surface area (TPSA) is 52.7 Å². The molecule has 2 fully saturated rings. The highest BCUT2D eigenvalue weighted by molar-refractivity contribution is 7.10. The van der Waals surface area contributed by atoms with Gasteiger partial charge in [-0.25, -0.2) is 0 Å². The number of benzene rings is 1. The van der Waals surface area contributed by atoms with Gasteiger partial charge in [-0.1, -0.05) is 36.4 Å². The smallest absolute Gasteiger partial charge is 0.234 e. The van der Waals surface area contributed by atoms with E-state index < -0.39 is 0 Å². The first-order valence-corrected chi connectivity index (χ1v) is 10.5. The summed E-state index contributed by atoms with van der Waals surface area (Å²) in [5.41, 5.74) is 1.09. The predicted octanol–water partition coefficient (Wildman–Crippen LogP) is 2.51. The summed E-state index contributed by atoms with van der Waals surface area (Å²) in [6.07, 6.45) is 2.09. The van der Waals surface area contributed by atoms with Gasteiger partial charge in [-0.05, 0) is 29.9 Å². The average Bonchev–Trinajstić information content (AvgIpc) is 3.41. The molecule has 1 aromatic heterocycles. The minimum Gasteiger partial charge on any atom is -0.343 e. The van der Waals surface area contributed by atoms with Crippen LogP contribution < -0.4 is 5.32 Å². The van der Waals surface area contributed by atoms with Crippen molar-refractivity contribution in [3.05, 3.63) is 58.3 Å². The molecule has 0 radical (unpaired) electrons. The molecule has 6 heteroatoms. The molecule has 0 spiro atoms. The van der Waals surface area contributed by atoms with Crippen LogP contribution in [0.5, 0.6) is 0 Å². The third kappa shape index (κ3) is 4.57. The summed E-state index contributed by atoms with van der Waals surface area (Å²) in [6.45, 7) is 3.37. The molecule has 5 nitrogen and oxygen atoms in total. The van der Waals surface area contributed by atoms with Crippen molar-refractivity contribution < 1.29 is 9.59 Å². The van der Waals surface area contributed by atoms with Crippen LogP contribution in [0.15, 0.2) is 47.8 Å². The second-order valence-corrected chi connectivity index (χ2v) is 8.28. The molecule has 0 unspecified atom stereocenters. The van der Waals surface area contributed by atoms with Crippen molar-refractivity contribution in [2.75, 3.05) is 32.7 Å². The van der Waals surface area contributed by atoms with Gasteiger partial charge in [0.15, 0.2) is 0 Å². The normalized spacial score (nSPS) is 18.9.